The number of nitrogens with zero attached hydrogens (tertiary/aromatic N) is 1. The third kappa shape index (κ3) is 3.40. The van der Waals surface area contributed by atoms with Gasteiger partial charge in [-0.1, -0.05) is 18.2 Å². The molecule has 3 aromatic carbocycles. The van der Waals surface area contributed by atoms with Crippen LogP contribution in [0, 0.1) is 0 Å². The Kier molecular flexibility index (Phi) is 4.68. The second-order valence-electron chi connectivity index (χ2n) is 6.20. The number of aromatic nitrogens is 2. The highest BCUT2D eigenvalue weighted by molar-refractivity contribution is 6.05. The first-order chi connectivity index (χ1) is 13.7. The number of amides is 1. The van der Waals surface area contributed by atoms with Crippen LogP contribution in [0.15, 0.2) is 66.7 Å². The molecular formula is C22H19N3O3. The number of aromatic amines is 1. The maximum Gasteiger partial charge on any atom is 0.255 e. The van der Waals surface area contributed by atoms with Crippen LogP contribution in [0.25, 0.3) is 22.4 Å². The fourth-order valence-electron chi connectivity index (χ4n) is 3.00. The molecule has 1 heterocycles. The smallest absolute Gasteiger partial charge is 0.255 e. The number of anilines is 1. The molecule has 0 unspecified atom stereocenters. The predicted molar refractivity (Wildman–Crippen MR) is 109 cm³/mol. The molecule has 0 radical (unpaired) electrons. The van der Waals surface area contributed by atoms with Gasteiger partial charge in [0.05, 0.1) is 30.9 Å². The number of carbonyl (C=O) groups is 1. The van der Waals surface area contributed by atoms with Crippen LogP contribution >= 0.6 is 0 Å². The van der Waals surface area contributed by atoms with E-state index in [4.69, 9.17) is 9.47 Å². The van der Waals surface area contributed by atoms with Gasteiger partial charge in [0.2, 0.25) is 0 Å². The third-order valence-corrected chi connectivity index (χ3v) is 4.44. The van der Waals surface area contributed by atoms with Crippen molar-refractivity contribution < 1.29 is 14.3 Å². The average Bonchev–Trinajstić information content (AvgIpc) is 3.18. The molecule has 0 aliphatic rings. The summed E-state index contributed by atoms with van der Waals surface area (Å²) in [5.41, 5.74) is 3.74. The Bertz CT molecular complexity index is 1120. The number of nitrogens with one attached hydrogen (secondary N) is 2. The number of H-pyrrole nitrogens is 1. The number of fused-ring (bicyclic) bond motifs is 1. The molecule has 1 aromatic heterocycles. The minimum Gasteiger partial charge on any atom is -0.497 e. The normalized spacial score (nSPS) is 10.6. The van der Waals surface area contributed by atoms with Gasteiger partial charge in [0, 0.05) is 11.1 Å². The highest BCUT2D eigenvalue weighted by Crippen LogP contribution is 2.31. The molecule has 0 bridgehead atoms. The Hall–Kier alpha value is -3.80. The molecular weight excluding hydrogens is 354 g/mol. The van der Waals surface area contributed by atoms with Crippen LogP contribution in [0.1, 0.15) is 10.4 Å². The zero-order valence-corrected chi connectivity index (χ0v) is 15.5. The Balaban J connectivity index is 1.67. The number of benzene rings is 3. The van der Waals surface area contributed by atoms with Crippen molar-refractivity contribution in [2.45, 2.75) is 0 Å². The van der Waals surface area contributed by atoms with Crippen LogP contribution in [0.2, 0.25) is 0 Å². The van der Waals surface area contributed by atoms with Crippen molar-refractivity contribution in [1.29, 1.82) is 0 Å². The van der Waals surface area contributed by atoms with E-state index in [0.717, 1.165) is 22.4 Å². The van der Waals surface area contributed by atoms with Gasteiger partial charge in [0.15, 0.2) is 0 Å². The molecule has 6 heteroatoms. The van der Waals surface area contributed by atoms with Crippen molar-refractivity contribution in [3.8, 4) is 22.9 Å². The summed E-state index contributed by atoms with van der Waals surface area (Å²) >= 11 is 0. The van der Waals surface area contributed by atoms with Crippen LogP contribution in [0.5, 0.6) is 11.5 Å². The summed E-state index contributed by atoms with van der Waals surface area (Å²) < 4.78 is 10.6. The standard InChI is InChI=1S/C22H19N3O3/c1-27-16-7-5-6-15(12-16)22(26)25-19-13-14(10-11-20(19)28-2)21-23-17-8-3-4-9-18(17)24-21/h3-13H,1-2H3,(H,23,24)(H,25,26). The summed E-state index contributed by atoms with van der Waals surface area (Å²) in [7, 11) is 3.13. The number of hydrogen-bond acceptors (Lipinski definition) is 4. The van der Waals surface area contributed by atoms with Crippen molar-refractivity contribution in [3.05, 3.63) is 72.3 Å². The number of rotatable bonds is 5. The van der Waals surface area contributed by atoms with E-state index in [1.54, 1.807) is 38.5 Å². The highest BCUT2D eigenvalue weighted by atomic mass is 16.5. The van der Waals surface area contributed by atoms with Crippen LogP contribution in [-0.2, 0) is 0 Å². The fourth-order valence-corrected chi connectivity index (χ4v) is 3.00. The van der Waals surface area contributed by atoms with E-state index in [9.17, 15) is 4.79 Å². The van der Waals surface area contributed by atoms with Gasteiger partial charge in [0.1, 0.15) is 17.3 Å². The quantitative estimate of drug-likeness (QED) is 0.540. The lowest BCUT2D eigenvalue weighted by atomic mass is 10.1. The number of hydrogen-bond donors (Lipinski definition) is 2. The van der Waals surface area contributed by atoms with Crippen LogP contribution in [-0.4, -0.2) is 30.1 Å². The van der Waals surface area contributed by atoms with E-state index in [0.29, 0.717) is 22.7 Å². The lowest BCUT2D eigenvalue weighted by Gasteiger charge is -2.12. The number of methoxy groups -OCH3 is 2. The Morgan fingerprint density at radius 2 is 1.82 bits per heavy atom. The van der Waals surface area contributed by atoms with E-state index in [1.165, 1.54) is 0 Å². The van der Waals surface area contributed by atoms with Gasteiger partial charge in [-0.15, -0.1) is 0 Å². The number of imidazole rings is 1. The molecule has 0 fully saturated rings. The van der Waals surface area contributed by atoms with Crippen molar-refractivity contribution in [2.24, 2.45) is 0 Å². The van der Waals surface area contributed by atoms with E-state index >= 15 is 0 Å². The maximum absolute atomic E-state index is 12.7. The highest BCUT2D eigenvalue weighted by Gasteiger charge is 2.13. The van der Waals surface area contributed by atoms with Crippen LogP contribution in [0.4, 0.5) is 5.69 Å². The van der Waals surface area contributed by atoms with Crippen molar-refractivity contribution >= 4 is 22.6 Å². The molecule has 28 heavy (non-hydrogen) atoms. The van der Waals surface area contributed by atoms with Gasteiger partial charge in [-0.3, -0.25) is 4.79 Å². The molecule has 4 rings (SSSR count). The van der Waals surface area contributed by atoms with Gasteiger partial charge in [-0.05, 0) is 48.5 Å². The van der Waals surface area contributed by atoms with Gasteiger partial charge in [-0.25, -0.2) is 4.98 Å². The molecule has 0 aliphatic heterocycles. The number of ether oxygens (including phenoxy) is 2. The number of carbonyl (C=O) groups excluding carboxylic acids is 1. The summed E-state index contributed by atoms with van der Waals surface area (Å²) in [5.74, 6) is 1.66. The molecule has 2 N–H and O–H groups in total. The van der Waals surface area contributed by atoms with Crippen molar-refractivity contribution in [3.63, 3.8) is 0 Å². The second-order valence-corrected chi connectivity index (χ2v) is 6.20. The average molecular weight is 373 g/mol. The Morgan fingerprint density at radius 3 is 2.61 bits per heavy atom. The monoisotopic (exact) mass is 373 g/mol. The zero-order chi connectivity index (χ0) is 19.5. The van der Waals surface area contributed by atoms with Gasteiger partial charge in [-0.2, -0.15) is 0 Å². The van der Waals surface area contributed by atoms with Gasteiger partial charge >= 0.3 is 0 Å². The number of para-hydroxylation sites is 2. The van der Waals surface area contributed by atoms with Gasteiger partial charge in [0.25, 0.3) is 5.91 Å². The summed E-state index contributed by atoms with van der Waals surface area (Å²) in [6, 6.07) is 20.4. The first-order valence-corrected chi connectivity index (χ1v) is 8.76. The molecule has 140 valence electrons. The van der Waals surface area contributed by atoms with E-state index in [-0.39, 0.29) is 5.91 Å². The fraction of sp³-hybridized carbons (Fsp3) is 0.0909. The van der Waals surface area contributed by atoms with Gasteiger partial charge < -0.3 is 19.8 Å². The first-order valence-electron chi connectivity index (χ1n) is 8.76. The third-order valence-electron chi connectivity index (χ3n) is 4.44. The van der Waals surface area contributed by atoms with E-state index < -0.39 is 0 Å². The topological polar surface area (TPSA) is 76.2 Å². The van der Waals surface area contributed by atoms with Crippen molar-refractivity contribution in [2.75, 3.05) is 19.5 Å². The summed E-state index contributed by atoms with van der Waals surface area (Å²) in [4.78, 5) is 20.6. The SMILES string of the molecule is COc1cccc(C(=O)Nc2cc(-c3nc4ccccc4[nH]3)ccc2OC)c1. The zero-order valence-electron chi connectivity index (χ0n) is 15.5. The predicted octanol–water partition coefficient (Wildman–Crippen LogP) is 4.50. The Morgan fingerprint density at radius 1 is 0.964 bits per heavy atom. The molecule has 0 spiro atoms. The largest absolute Gasteiger partial charge is 0.497 e. The molecule has 0 saturated heterocycles. The van der Waals surface area contributed by atoms with Crippen LogP contribution < -0.4 is 14.8 Å². The second kappa shape index (κ2) is 7.44. The maximum atomic E-state index is 12.7. The molecule has 4 aromatic rings. The lowest BCUT2D eigenvalue weighted by Crippen LogP contribution is -2.12. The minimum atomic E-state index is -0.251. The lowest BCUT2D eigenvalue weighted by molar-refractivity contribution is 0.102. The molecule has 0 aliphatic carbocycles. The van der Waals surface area contributed by atoms with E-state index in [2.05, 4.69) is 15.3 Å². The first kappa shape index (κ1) is 17.6. The summed E-state index contributed by atoms with van der Waals surface area (Å²) in [6.45, 7) is 0. The molecule has 0 saturated carbocycles. The summed E-state index contributed by atoms with van der Waals surface area (Å²) in [6.07, 6.45) is 0. The Labute approximate surface area is 162 Å². The summed E-state index contributed by atoms with van der Waals surface area (Å²) in [5, 5.41) is 2.91. The minimum absolute atomic E-state index is 0.251. The molecule has 0 atom stereocenters. The van der Waals surface area contributed by atoms with Crippen molar-refractivity contribution in [1.82, 2.24) is 9.97 Å². The van der Waals surface area contributed by atoms with Crippen LogP contribution in [0.3, 0.4) is 0 Å². The van der Waals surface area contributed by atoms with E-state index in [1.807, 2.05) is 42.5 Å². The molecule has 1 amide bonds. The molecule has 6 nitrogen and oxygen atoms in total.